The number of thiophene rings is 1. The van der Waals surface area contributed by atoms with Gasteiger partial charge < -0.3 is 0 Å². The first-order valence-corrected chi connectivity index (χ1v) is 8.96. The van der Waals surface area contributed by atoms with Crippen molar-refractivity contribution in [2.45, 2.75) is 11.8 Å². The maximum absolute atomic E-state index is 12.4. The monoisotopic (exact) mass is 376 g/mol. The molecule has 0 saturated carbocycles. The number of non-ortho nitro benzene ring substituents is 1. The fourth-order valence-electron chi connectivity index (χ4n) is 2.12. The Morgan fingerprint density at radius 1 is 1.36 bits per heavy atom. The van der Waals surface area contributed by atoms with E-state index in [0.29, 0.717) is 16.0 Å². The number of aromatic nitrogens is 2. The summed E-state index contributed by atoms with van der Waals surface area (Å²) in [6.45, 7) is 1.64. The Morgan fingerprint density at radius 3 is 2.76 bits per heavy atom. The molecular formula is C15H12N4O4S2. The van der Waals surface area contributed by atoms with E-state index in [1.165, 1.54) is 35.2 Å². The molecule has 3 aromatic rings. The lowest BCUT2D eigenvalue weighted by atomic mass is 10.3. The molecule has 2 aromatic heterocycles. The van der Waals surface area contributed by atoms with Crippen LogP contribution in [-0.2, 0) is 4.79 Å². The molecule has 2 heterocycles. The fourth-order valence-corrected chi connectivity index (χ4v) is 3.61. The average Bonchev–Trinajstić information content (AvgIpc) is 3.05. The van der Waals surface area contributed by atoms with Crippen LogP contribution in [-0.4, -0.2) is 26.2 Å². The zero-order valence-electron chi connectivity index (χ0n) is 13.0. The van der Waals surface area contributed by atoms with Crippen LogP contribution in [0, 0.1) is 17.0 Å². The zero-order chi connectivity index (χ0) is 18.0. The normalized spacial score (nSPS) is 10.8. The second-order valence-corrected chi connectivity index (χ2v) is 6.96. The number of amides is 1. The lowest BCUT2D eigenvalue weighted by Crippen LogP contribution is -2.36. The van der Waals surface area contributed by atoms with Gasteiger partial charge in [-0.05, 0) is 30.5 Å². The van der Waals surface area contributed by atoms with Gasteiger partial charge in [0.25, 0.3) is 11.2 Å². The summed E-state index contributed by atoms with van der Waals surface area (Å²) in [6, 6.07) is 7.58. The molecule has 0 fully saturated rings. The molecule has 1 N–H and O–H groups in total. The number of benzene rings is 1. The molecule has 0 aliphatic heterocycles. The number of carbonyl (C=O) groups excluding carboxylic acids is 1. The van der Waals surface area contributed by atoms with E-state index >= 15 is 0 Å². The number of thioether (sulfide) groups is 1. The summed E-state index contributed by atoms with van der Waals surface area (Å²) < 4.78 is 1.13. The van der Waals surface area contributed by atoms with Crippen LogP contribution >= 0.6 is 23.1 Å². The number of carbonyl (C=O) groups is 1. The van der Waals surface area contributed by atoms with Crippen LogP contribution in [0.15, 0.2) is 45.4 Å². The Bertz CT molecular complexity index is 1010. The van der Waals surface area contributed by atoms with Crippen molar-refractivity contribution in [2.75, 3.05) is 11.2 Å². The van der Waals surface area contributed by atoms with Gasteiger partial charge in [-0.1, -0.05) is 0 Å². The third kappa shape index (κ3) is 3.69. The fraction of sp³-hybridized carbons (Fsp3) is 0.133. The molecule has 1 aromatic carbocycles. The summed E-state index contributed by atoms with van der Waals surface area (Å²) in [4.78, 5) is 40.3. The first kappa shape index (κ1) is 17.1. The summed E-state index contributed by atoms with van der Waals surface area (Å²) in [7, 11) is 0. The van der Waals surface area contributed by atoms with Crippen molar-refractivity contribution in [1.29, 1.82) is 0 Å². The maximum Gasteiger partial charge on any atom is 0.281 e. The SMILES string of the molecule is Cc1nc2sccc2c(=O)n1NC(=O)CSc1ccc([N+](=O)[O-])cc1. The Morgan fingerprint density at radius 2 is 2.08 bits per heavy atom. The molecule has 25 heavy (non-hydrogen) atoms. The van der Waals surface area contributed by atoms with Crippen LogP contribution in [0.2, 0.25) is 0 Å². The summed E-state index contributed by atoms with van der Waals surface area (Å²) >= 11 is 2.58. The van der Waals surface area contributed by atoms with Gasteiger partial charge in [0, 0.05) is 17.0 Å². The number of rotatable bonds is 5. The largest absolute Gasteiger partial charge is 0.281 e. The highest BCUT2D eigenvalue weighted by atomic mass is 32.2. The number of hydrogen-bond donors (Lipinski definition) is 1. The van der Waals surface area contributed by atoms with Gasteiger partial charge >= 0.3 is 0 Å². The third-order valence-corrected chi connectivity index (χ3v) is 5.14. The van der Waals surface area contributed by atoms with Gasteiger partial charge in [-0.2, -0.15) is 0 Å². The van der Waals surface area contributed by atoms with E-state index in [1.54, 1.807) is 30.5 Å². The molecule has 0 atom stereocenters. The lowest BCUT2D eigenvalue weighted by molar-refractivity contribution is -0.384. The van der Waals surface area contributed by atoms with Crippen LogP contribution in [0.25, 0.3) is 10.2 Å². The standard InChI is InChI=1S/C15H12N4O4S2/c1-9-16-14-12(6-7-24-14)15(21)18(9)17-13(20)8-25-11-4-2-10(3-5-11)19(22)23/h2-7H,8H2,1H3,(H,17,20). The van der Waals surface area contributed by atoms with E-state index in [-0.39, 0.29) is 22.9 Å². The van der Waals surface area contributed by atoms with E-state index in [9.17, 15) is 19.7 Å². The quantitative estimate of drug-likeness (QED) is 0.416. The molecule has 0 radical (unpaired) electrons. The van der Waals surface area contributed by atoms with E-state index in [4.69, 9.17) is 0 Å². The first-order chi connectivity index (χ1) is 12.0. The lowest BCUT2D eigenvalue weighted by Gasteiger charge is -2.10. The molecule has 10 heteroatoms. The van der Waals surface area contributed by atoms with E-state index in [2.05, 4.69) is 10.4 Å². The summed E-state index contributed by atoms with van der Waals surface area (Å²) in [5.74, 6) is 0.0873. The highest BCUT2D eigenvalue weighted by Crippen LogP contribution is 2.21. The van der Waals surface area contributed by atoms with E-state index in [1.807, 2.05) is 0 Å². The van der Waals surface area contributed by atoms with Gasteiger partial charge in [0.15, 0.2) is 0 Å². The highest BCUT2D eigenvalue weighted by molar-refractivity contribution is 8.00. The molecule has 0 unspecified atom stereocenters. The van der Waals surface area contributed by atoms with Gasteiger partial charge in [-0.15, -0.1) is 23.1 Å². The third-order valence-electron chi connectivity index (χ3n) is 3.32. The van der Waals surface area contributed by atoms with Crippen molar-refractivity contribution in [1.82, 2.24) is 9.66 Å². The number of hydrogen-bond acceptors (Lipinski definition) is 7. The molecule has 0 bridgehead atoms. The van der Waals surface area contributed by atoms with Crippen molar-refractivity contribution in [3.8, 4) is 0 Å². The number of nitrogens with zero attached hydrogens (tertiary/aromatic N) is 3. The van der Waals surface area contributed by atoms with Crippen molar-refractivity contribution in [2.24, 2.45) is 0 Å². The number of nitro groups is 1. The van der Waals surface area contributed by atoms with Crippen molar-refractivity contribution in [3.63, 3.8) is 0 Å². The minimum absolute atomic E-state index is 0.00822. The second-order valence-electron chi connectivity index (χ2n) is 5.01. The Kier molecular flexibility index (Phi) is 4.81. The molecule has 0 aliphatic carbocycles. The van der Waals surface area contributed by atoms with Crippen LogP contribution in [0.1, 0.15) is 5.82 Å². The minimum atomic E-state index is -0.482. The molecule has 128 valence electrons. The van der Waals surface area contributed by atoms with E-state index < -0.39 is 4.92 Å². The second kappa shape index (κ2) is 7.03. The zero-order valence-corrected chi connectivity index (χ0v) is 14.6. The smallest absolute Gasteiger partial charge is 0.272 e. The number of nitrogens with one attached hydrogen (secondary N) is 1. The molecule has 3 rings (SSSR count). The number of nitro benzene ring substituents is 1. The van der Waals surface area contributed by atoms with Crippen LogP contribution in [0.4, 0.5) is 5.69 Å². The van der Waals surface area contributed by atoms with Crippen molar-refractivity contribution in [3.05, 3.63) is 62.0 Å². The van der Waals surface area contributed by atoms with Gasteiger partial charge in [-0.3, -0.25) is 25.1 Å². The molecule has 0 aliphatic rings. The van der Waals surface area contributed by atoms with Gasteiger partial charge in [0.05, 0.1) is 16.1 Å². The van der Waals surface area contributed by atoms with E-state index in [0.717, 1.165) is 9.57 Å². The molecule has 0 saturated heterocycles. The highest BCUT2D eigenvalue weighted by Gasteiger charge is 2.12. The summed E-state index contributed by atoms with van der Waals surface area (Å²) in [5.41, 5.74) is 2.21. The average molecular weight is 376 g/mol. The number of aryl methyl sites for hydroxylation is 1. The van der Waals surface area contributed by atoms with Crippen LogP contribution < -0.4 is 11.0 Å². The summed E-state index contributed by atoms with van der Waals surface area (Å²) in [6.07, 6.45) is 0. The van der Waals surface area contributed by atoms with Gasteiger partial charge in [0.2, 0.25) is 5.91 Å². The van der Waals surface area contributed by atoms with Crippen LogP contribution in [0.5, 0.6) is 0 Å². The molecule has 0 spiro atoms. The summed E-state index contributed by atoms with van der Waals surface area (Å²) in [5, 5.41) is 12.8. The van der Waals surface area contributed by atoms with Crippen molar-refractivity contribution >= 4 is 44.9 Å². The number of fused-ring (bicyclic) bond motifs is 1. The molecule has 1 amide bonds. The Balaban J connectivity index is 1.68. The predicted octanol–water partition coefficient (Wildman–Crippen LogP) is 2.54. The van der Waals surface area contributed by atoms with Gasteiger partial charge in [-0.25, -0.2) is 9.66 Å². The predicted molar refractivity (Wildman–Crippen MR) is 96.8 cm³/mol. The minimum Gasteiger partial charge on any atom is -0.272 e. The van der Waals surface area contributed by atoms with Crippen molar-refractivity contribution < 1.29 is 9.72 Å². The molecule has 8 nitrogen and oxygen atoms in total. The molecular weight excluding hydrogens is 364 g/mol. The first-order valence-electron chi connectivity index (χ1n) is 7.09. The Hall–Kier alpha value is -2.72. The van der Waals surface area contributed by atoms with Gasteiger partial charge in [0.1, 0.15) is 10.7 Å². The Labute approximate surface area is 149 Å². The maximum atomic E-state index is 12.4. The topological polar surface area (TPSA) is 107 Å². The van der Waals surface area contributed by atoms with Crippen LogP contribution in [0.3, 0.4) is 0 Å².